The molecule has 0 aliphatic carbocycles. The van der Waals surface area contributed by atoms with E-state index in [4.69, 9.17) is 0 Å². The SMILES string of the molecule is Cc1cccc(-c2cccc(-c3cccc(-n4c5ccccc5c5ccc6c(c7ccccc7n6-c6ccccc6)c54)c3)c2)c1. The molecule has 2 nitrogen and oxygen atoms in total. The topological polar surface area (TPSA) is 9.86 Å². The van der Waals surface area contributed by atoms with Crippen LogP contribution in [0.3, 0.4) is 0 Å². The fraction of sp³-hybridized carbons (Fsp3) is 0.0233. The number of aryl methyl sites for hydroxylation is 1. The lowest BCUT2D eigenvalue weighted by Gasteiger charge is -2.12. The van der Waals surface area contributed by atoms with Crippen molar-refractivity contribution in [3.8, 4) is 33.6 Å². The third-order valence-corrected chi connectivity index (χ3v) is 9.14. The van der Waals surface area contributed by atoms with Gasteiger partial charge in [0.25, 0.3) is 0 Å². The fourth-order valence-electron chi connectivity index (χ4n) is 7.16. The second-order valence-corrected chi connectivity index (χ2v) is 11.9. The van der Waals surface area contributed by atoms with E-state index in [1.165, 1.54) is 77.1 Å². The van der Waals surface area contributed by atoms with Crippen LogP contribution in [-0.4, -0.2) is 9.13 Å². The third-order valence-electron chi connectivity index (χ3n) is 9.14. The molecule has 0 spiro atoms. The van der Waals surface area contributed by atoms with Crippen LogP contribution in [0.4, 0.5) is 0 Å². The van der Waals surface area contributed by atoms with E-state index in [1.54, 1.807) is 0 Å². The Bertz CT molecular complexity index is 2550. The van der Waals surface area contributed by atoms with Gasteiger partial charge in [-0.25, -0.2) is 0 Å². The number of hydrogen-bond donors (Lipinski definition) is 0. The molecule has 0 aliphatic heterocycles. The van der Waals surface area contributed by atoms with Crippen LogP contribution >= 0.6 is 0 Å². The first-order valence-electron chi connectivity index (χ1n) is 15.5. The maximum atomic E-state index is 2.47. The van der Waals surface area contributed by atoms with E-state index in [-0.39, 0.29) is 0 Å². The zero-order valence-electron chi connectivity index (χ0n) is 25.0. The van der Waals surface area contributed by atoms with Gasteiger partial charge < -0.3 is 9.13 Å². The van der Waals surface area contributed by atoms with Gasteiger partial charge in [-0.1, -0.05) is 121 Å². The summed E-state index contributed by atoms with van der Waals surface area (Å²) >= 11 is 0. The smallest absolute Gasteiger partial charge is 0.0641 e. The number of nitrogens with zero attached hydrogens (tertiary/aromatic N) is 2. The maximum Gasteiger partial charge on any atom is 0.0641 e. The molecule has 0 amide bonds. The summed E-state index contributed by atoms with van der Waals surface area (Å²) in [4.78, 5) is 0. The first-order valence-corrected chi connectivity index (χ1v) is 15.5. The first kappa shape index (κ1) is 25.6. The molecule has 2 heterocycles. The summed E-state index contributed by atoms with van der Waals surface area (Å²) in [6, 6.07) is 59.6. The van der Waals surface area contributed by atoms with Crippen molar-refractivity contribution in [3.05, 3.63) is 169 Å². The molecule has 0 aliphatic rings. The number of para-hydroxylation sites is 3. The monoisotopic (exact) mass is 574 g/mol. The number of hydrogen-bond acceptors (Lipinski definition) is 0. The molecular formula is C43H30N2. The van der Waals surface area contributed by atoms with Crippen LogP contribution in [0.15, 0.2) is 164 Å². The lowest BCUT2D eigenvalue weighted by molar-refractivity contribution is 1.17. The van der Waals surface area contributed by atoms with Crippen molar-refractivity contribution in [1.29, 1.82) is 0 Å². The van der Waals surface area contributed by atoms with Crippen LogP contribution in [0.5, 0.6) is 0 Å². The molecule has 2 aromatic heterocycles. The van der Waals surface area contributed by atoms with Crippen LogP contribution in [0.2, 0.25) is 0 Å². The molecule has 0 unspecified atom stereocenters. The highest BCUT2D eigenvalue weighted by molar-refractivity contribution is 6.26. The van der Waals surface area contributed by atoms with Gasteiger partial charge in [0.2, 0.25) is 0 Å². The molecular weight excluding hydrogens is 544 g/mol. The number of benzene rings is 7. The molecule has 9 rings (SSSR count). The van der Waals surface area contributed by atoms with E-state index in [0.717, 1.165) is 5.69 Å². The lowest BCUT2D eigenvalue weighted by atomic mass is 9.98. The predicted molar refractivity (Wildman–Crippen MR) is 191 cm³/mol. The van der Waals surface area contributed by atoms with Crippen LogP contribution in [0.25, 0.3) is 77.2 Å². The predicted octanol–water partition coefficient (Wildman–Crippen LogP) is 11.5. The summed E-state index contributed by atoms with van der Waals surface area (Å²) in [6.07, 6.45) is 0. The summed E-state index contributed by atoms with van der Waals surface area (Å²) in [5.74, 6) is 0. The van der Waals surface area contributed by atoms with Gasteiger partial charge in [-0.3, -0.25) is 0 Å². The highest BCUT2D eigenvalue weighted by atomic mass is 15.0. The van der Waals surface area contributed by atoms with E-state index in [1.807, 2.05) is 0 Å². The minimum Gasteiger partial charge on any atom is -0.309 e. The second kappa shape index (κ2) is 10.1. The molecule has 2 heteroatoms. The van der Waals surface area contributed by atoms with Crippen molar-refractivity contribution in [3.63, 3.8) is 0 Å². The van der Waals surface area contributed by atoms with Gasteiger partial charge in [0, 0.05) is 32.9 Å². The quantitative estimate of drug-likeness (QED) is 0.198. The molecule has 0 saturated heterocycles. The van der Waals surface area contributed by atoms with Crippen LogP contribution in [0, 0.1) is 6.92 Å². The van der Waals surface area contributed by atoms with Gasteiger partial charge in [0.05, 0.1) is 22.1 Å². The Balaban J connectivity index is 1.33. The molecule has 0 atom stereocenters. The van der Waals surface area contributed by atoms with Crippen LogP contribution in [0.1, 0.15) is 5.56 Å². The second-order valence-electron chi connectivity index (χ2n) is 11.9. The Morgan fingerprint density at radius 2 is 0.933 bits per heavy atom. The van der Waals surface area contributed by atoms with Crippen molar-refractivity contribution in [2.24, 2.45) is 0 Å². The molecule has 0 N–H and O–H groups in total. The molecule has 0 radical (unpaired) electrons. The summed E-state index contributed by atoms with van der Waals surface area (Å²) < 4.78 is 4.88. The van der Waals surface area contributed by atoms with E-state index >= 15 is 0 Å². The molecule has 0 fully saturated rings. The Morgan fingerprint density at radius 3 is 1.69 bits per heavy atom. The van der Waals surface area contributed by atoms with Gasteiger partial charge in [-0.15, -0.1) is 0 Å². The van der Waals surface area contributed by atoms with Crippen molar-refractivity contribution in [2.45, 2.75) is 6.92 Å². The summed E-state index contributed by atoms with van der Waals surface area (Å²) in [5, 5.41) is 5.06. The van der Waals surface area contributed by atoms with Gasteiger partial charge in [-0.05, 0) is 77.7 Å². The Morgan fingerprint density at radius 1 is 0.356 bits per heavy atom. The van der Waals surface area contributed by atoms with Crippen molar-refractivity contribution < 1.29 is 0 Å². The summed E-state index contributed by atoms with van der Waals surface area (Å²) in [6.45, 7) is 2.15. The third kappa shape index (κ3) is 4.03. The number of fused-ring (bicyclic) bond motifs is 7. The van der Waals surface area contributed by atoms with Gasteiger partial charge in [0.15, 0.2) is 0 Å². The van der Waals surface area contributed by atoms with Crippen molar-refractivity contribution in [2.75, 3.05) is 0 Å². The summed E-state index contributed by atoms with van der Waals surface area (Å²) in [5.41, 5.74) is 13.4. The largest absolute Gasteiger partial charge is 0.309 e. The fourth-order valence-corrected chi connectivity index (χ4v) is 7.16. The highest BCUT2D eigenvalue weighted by Crippen LogP contribution is 2.42. The first-order chi connectivity index (χ1) is 22.2. The molecule has 0 saturated carbocycles. The van der Waals surface area contributed by atoms with Crippen LogP contribution < -0.4 is 0 Å². The van der Waals surface area contributed by atoms with E-state index in [9.17, 15) is 0 Å². The van der Waals surface area contributed by atoms with Crippen molar-refractivity contribution >= 4 is 43.6 Å². The average Bonchev–Trinajstić information content (AvgIpc) is 3.62. The normalized spacial score (nSPS) is 11.7. The Labute approximate surface area is 262 Å². The highest BCUT2D eigenvalue weighted by Gasteiger charge is 2.20. The van der Waals surface area contributed by atoms with E-state index in [0.29, 0.717) is 0 Å². The van der Waals surface area contributed by atoms with Gasteiger partial charge in [0.1, 0.15) is 0 Å². The number of aromatic nitrogens is 2. The van der Waals surface area contributed by atoms with Gasteiger partial charge in [-0.2, -0.15) is 0 Å². The molecule has 212 valence electrons. The maximum absolute atomic E-state index is 2.47. The zero-order valence-corrected chi connectivity index (χ0v) is 25.0. The lowest BCUT2D eigenvalue weighted by Crippen LogP contribution is -1.96. The molecule has 7 aromatic carbocycles. The summed E-state index contributed by atoms with van der Waals surface area (Å²) in [7, 11) is 0. The zero-order chi connectivity index (χ0) is 29.9. The molecule has 45 heavy (non-hydrogen) atoms. The van der Waals surface area contributed by atoms with Crippen LogP contribution in [-0.2, 0) is 0 Å². The van der Waals surface area contributed by atoms with Gasteiger partial charge >= 0.3 is 0 Å². The minimum absolute atomic E-state index is 1.16. The average molecular weight is 575 g/mol. The Hall–Kier alpha value is -5.86. The number of rotatable bonds is 4. The van der Waals surface area contributed by atoms with Crippen molar-refractivity contribution in [1.82, 2.24) is 9.13 Å². The minimum atomic E-state index is 1.16. The standard InChI is InChI=1S/C43H30N2/c1-29-12-9-13-30(26-29)31-14-10-15-32(27-31)33-16-11-19-35(28-33)45-39-22-7-5-20-36(39)37-24-25-41-42(43(37)45)38-21-6-8-23-40(38)44(41)34-17-3-2-4-18-34/h2-28H,1H3. The van der Waals surface area contributed by atoms with E-state index in [2.05, 4.69) is 180 Å². The molecule has 0 bridgehead atoms. The Kier molecular flexibility index (Phi) is 5.76. The van der Waals surface area contributed by atoms with E-state index < -0.39 is 0 Å². The molecule has 9 aromatic rings.